The Bertz CT molecular complexity index is 124. The molecule has 9 heavy (non-hydrogen) atoms. The van der Waals surface area contributed by atoms with E-state index in [1.54, 1.807) is 0 Å². The second-order valence-electron chi connectivity index (χ2n) is 1.94. The Morgan fingerprint density at radius 3 is 2.67 bits per heavy atom. The fourth-order valence-corrected chi connectivity index (χ4v) is 1.36. The van der Waals surface area contributed by atoms with Gasteiger partial charge in [0.25, 0.3) is 0 Å². The lowest BCUT2D eigenvalue weighted by Gasteiger charge is -2.13. The first kappa shape index (κ1) is 7.16. The maximum atomic E-state index is 8.70. The molecule has 0 amide bonds. The van der Waals surface area contributed by atoms with Gasteiger partial charge in [-0.2, -0.15) is 0 Å². The van der Waals surface area contributed by atoms with Gasteiger partial charge in [0, 0.05) is 11.9 Å². The van der Waals surface area contributed by atoms with Crippen molar-refractivity contribution in [3.8, 4) is 0 Å². The van der Waals surface area contributed by atoms with Crippen molar-refractivity contribution in [1.82, 2.24) is 5.32 Å². The van der Waals surface area contributed by atoms with Crippen molar-refractivity contribution >= 4 is 8.38 Å². The highest BCUT2D eigenvalue weighted by Crippen LogP contribution is 2.37. The topological polar surface area (TPSA) is 52.5 Å². The molecule has 0 bridgehead atoms. The summed E-state index contributed by atoms with van der Waals surface area (Å²) in [5.74, 6) is 0. The van der Waals surface area contributed by atoms with Gasteiger partial charge in [0.05, 0.1) is 0 Å². The second kappa shape index (κ2) is 3.28. The molecule has 0 saturated heterocycles. The molecule has 52 valence electrons. The van der Waals surface area contributed by atoms with E-state index in [0.29, 0.717) is 0 Å². The largest absolute Gasteiger partial charge is 0.347 e. The maximum Gasteiger partial charge on any atom is 0.195 e. The molecule has 0 radical (unpaired) electrons. The lowest BCUT2D eigenvalue weighted by molar-refractivity contribution is 0.487. The molecule has 3 N–H and O–H groups in total. The molecule has 0 unspecified atom stereocenters. The van der Waals surface area contributed by atoms with Crippen LogP contribution >= 0.6 is 8.38 Å². The average molecular weight is 147 g/mol. The monoisotopic (exact) mass is 147 g/mol. The molecule has 0 aromatic carbocycles. The number of hydrogen-bond donors (Lipinski definition) is 3. The van der Waals surface area contributed by atoms with Gasteiger partial charge in [0.1, 0.15) is 0 Å². The van der Waals surface area contributed by atoms with Crippen molar-refractivity contribution in [1.29, 1.82) is 0 Å². The standard InChI is InChI=1S/C5H10NO2P/c7-9(8)5-1-3-6-4-2-5/h1,6-8H,2-4H2. The molecule has 0 spiro atoms. The van der Waals surface area contributed by atoms with Crippen molar-refractivity contribution in [3.63, 3.8) is 0 Å². The van der Waals surface area contributed by atoms with Crippen molar-refractivity contribution in [2.75, 3.05) is 13.1 Å². The first-order valence-electron chi connectivity index (χ1n) is 2.88. The lowest BCUT2D eigenvalue weighted by atomic mass is 10.3. The van der Waals surface area contributed by atoms with Gasteiger partial charge in [-0.15, -0.1) is 0 Å². The zero-order valence-corrected chi connectivity index (χ0v) is 5.93. The molecule has 0 atom stereocenters. The first-order valence-corrected chi connectivity index (χ1v) is 4.13. The number of rotatable bonds is 1. The molecule has 0 aliphatic carbocycles. The van der Waals surface area contributed by atoms with E-state index in [9.17, 15) is 0 Å². The predicted octanol–water partition coefficient (Wildman–Crippen LogP) is 0.160. The van der Waals surface area contributed by atoms with Gasteiger partial charge in [0.2, 0.25) is 0 Å². The summed E-state index contributed by atoms with van der Waals surface area (Å²) in [6.45, 7) is 1.64. The molecule has 1 aliphatic heterocycles. The smallest absolute Gasteiger partial charge is 0.195 e. The Labute approximate surface area is 55.3 Å². The van der Waals surface area contributed by atoms with Crippen LogP contribution in [0.15, 0.2) is 11.4 Å². The third-order valence-corrected chi connectivity index (χ3v) is 2.22. The predicted molar refractivity (Wildman–Crippen MR) is 36.9 cm³/mol. The van der Waals surface area contributed by atoms with Crippen LogP contribution in [-0.2, 0) is 0 Å². The maximum absolute atomic E-state index is 8.70. The van der Waals surface area contributed by atoms with Gasteiger partial charge in [-0.05, 0) is 13.0 Å². The second-order valence-corrected chi connectivity index (χ2v) is 3.09. The van der Waals surface area contributed by atoms with Gasteiger partial charge in [-0.25, -0.2) is 0 Å². The summed E-state index contributed by atoms with van der Waals surface area (Å²) in [5.41, 5.74) is 0. The zero-order chi connectivity index (χ0) is 6.69. The van der Waals surface area contributed by atoms with Crippen LogP contribution in [0.4, 0.5) is 0 Å². The Hall–Kier alpha value is 0.0500. The van der Waals surface area contributed by atoms with Crippen LogP contribution < -0.4 is 5.32 Å². The molecule has 0 aromatic heterocycles. The van der Waals surface area contributed by atoms with Gasteiger partial charge < -0.3 is 15.1 Å². The summed E-state index contributed by atoms with van der Waals surface area (Å²) in [5, 5.41) is 3.88. The Kier molecular flexibility index (Phi) is 2.61. The van der Waals surface area contributed by atoms with Crippen LogP contribution in [0, 0.1) is 0 Å². The van der Waals surface area contributed by atoms with Gasteiger partial charge in [-0.3, -0.25) is 0 Å². The summed E-state index contributed by atoms with van der Waals surface area (Å²) in [4.78, 5) is 17.4. The molecule has 1 heterocycles. The Morgan fingerprint density at radius 1 is 1.56 bits per heavy atom. The van der Waals surface area contributed by atoms with Crippen molar-refractivity contribution in [2.24, 2.45) is 0 Å². The summed E-state index contributed by atoms with van der Waals surface area (Å²) >= 11 is 0. The van der Waals surface area contributed by atoms with Crippen LogP contribution in [-0.4, -0.2) is 22.9 Å². The van der Waals surface area contributed by atoms with E-state index in [1.165, 1.54) is 0 Å². The highest BCUT2D eigenvalue weighted by atomic mass is 31.2. The minimum atomic E-state index is -1.80. The van der Waals surface area contributed by atoms with Gasteiger partial charge in [-0.1, -0.05) is 6.08 Å². The van der Waals surface area contributed by atoms with Crippen LogP contribution in [0.25, 0.3) is 0 Å². The highest BCUT2D eigenvalue weighted by Gasteiger charge is 2.09. The molecule has 0 fully saturated rings. The van der Waals surface area contributed by atoms with E-state index in [4.69, 9.17) is 9.79 Å². The Balaban J connectivity index is 2.46. The first-order chi connectivity index (χ1) is 4.30. The summed E-state index contributed by atoms with van der Waals surface area (Å²) in [6, 6.07) is 0. The van der Waals surface area contributed by atoms with Crippen LogP contribution in [0.3, 0.4) is 0 Å². The quantitative estimate of drug-likeness (QED) is 0.463. The van der Waals surface area contributed by atoms with E-state index >= 15 is 0 Å². The third-order valence-electron chi connectivity index (χ3n) is 1.30. The fraction of sp³-hybridized carbons (Fsp3) is 0.600. The van der Waals surface area contributed by atoms with E-state index in [-0.39, 0.29) is 0 Å². The van der Waals surface area contributed by atoms with E-state index in [2.05, 4.69) is 5.32 Å². The fourth-order valence-electron chi connectivity index (χ4n) is 0.792. The number of hydrogen-bond acceptors (Lipinski definition) is 3. The van der Waals surface area contributed by atoms with E-state index in [0.717, 1.165) is 24.8 Å². The highest BCUT2D eigenvalue weighted by molar-refractivity contribution is 7.50. The lowest BCUT2D eigenvalue weighted by Crippen LogP contribution is -2.19. The minimum Gasteiger partial charge on any atom is -0.347 e. The Morgan fingerprint density at radius 2 is 2.33 bits per heavy atom. The van der Waals surface area contributed by atoms with Crippen LogP contribution in [0.1, 0.15) is 6.42 Å². The third kappa shape index (κ3) is 2.03. The molecule has 1 rings (SSSR count). The SMILES string of the molecule is OP(O)C1=CCNCC1. The van der Waals surface area contributed by atoms with Crippen LogP contribution in [0.5, 0.6) is 0 Å². The number of nitrogens with one attached hydrogen (secondary N) is 1. The summed E-state index contributed by atoms with van der Waals surface area (Å²) in [6.07, 6.45) is 2.62. The summed E-state index contributed by atoms with van der Waals surface area (Å²) < 4.78 is 0. The molecular formula is C5H10NO2P. The van der Waals surface area contributed by atoms with Crippen molar-refractivity contribution < 1.29 is 9.79 Å². The minimum absolute atomic E-state index is 0.773. The molecule has 1 aliphatic rings. The molecule has 4 heteroatoms. The van der Waals surface area contributed by atoms with E-state index in [1.807, 2.05) is 6.08 Å². The molecule has 0 saturated carbocycles. The van der Waals surface area contributed by atoms with Crippen molar-refractivity contribution in [3.05, 3.63) is 11.4 Å². The molecule has 0 aromatic rings. The summed E-state index contributed by atoms with van der Waals surface area (Å²) in [7, 11) is -1.80. The van der Waals surface area contributed by atoms with Crippen molar-refractivity contribution in [2.45, 2.75) is 6.42 Å². The van der Waals surface area contributed by atoms with Crippen LogP contribution in [0.2, 0.25) is 0 Å². The molecule has 3 nitrogen and oxygen atoms in total. The normalized spacial score (nSPS) is 20.1. The molecular weight excluding hydrogens is 137 g/mol. The van der Waals surface area contributed by atoms with E-state index < -0.39 is 8.38 Å². The van der Waals surface area contributed by atoms with Gasteiger partial charge in [0.15, 0.2) is 8.38 Å². The average Bonchev–Trinajstić information content (AvgIpc) is 1.90. The van der Waals surface area contributed by atoms with Gasteiger partial charge >= 0.3 is 0 Å². The zero-order valence-electron chi connectivity index (χ0n) is 5.04.